The number of hydrogen-bond acceptors (Lipinski definition) is 3. The molecule has 5 nitrogen and oxygen atoms in total. The predicted octanol–water partition coefficient (Wildman–Crippen LogP) is 5.05. The van der Waals surface area contributed by atoms with Gasteiger partial charge in [0.1, 0.15) is 0 Å². The van der Waals surface area contributed by atoms with Crippen LogP contribution in [-0.2, 0) is 24.4 Å². The Labute approximate surface area is 190 Å². The summed E-state index contributed by atoms with van der Waals surface area (Å²) in [4.78, 5) is 16.8. The van der Waals surface area contributed by atoms with Gasteiger partial charge in [-0.3, -0.25) is 14.1 Å². The van der Waals surface area contributed by atoms with Gasteiger partial charge in [-0.1, -0.05) is 46.4 Å². The van der Waals surface area contributed by atoms with Gasteiger partial charge in [0.05, 0.1) is 18.4 Å². The van der Waals surface area contributed by atoms with Crippen molar-refractivity contribution in [3.05, 3.63) is 87.2 Å². The van der Waals surface area contributed by atoms with Gasteiger partial charge in [0.15, 0.2) is 0 Å². The average Bonchev–Trinajstić information content (AvgIpc) is 2.97. The van der Waals surface area contributed by atoms with E-state index < -0.39 is 0 Å². The summed E-state index contributed by atoms with van der Waals surface area (Å²) in [7, 11) is 1.62. The van der Waals surface area contributed by atoms with Crippen molar-refractivity contribution in [2.24, 2.45) is 7.05 Å². The van der Waals surface area contributed by atoms with E-state index in [1.807, 2.05) is 12.1 Å². The second kappa shape index (κ2) is 7.51. The van der Waals surface area contributed by atoms with E-state index in [-0.39, 0.29) is 28.9 Å². The average molecular weight is 432 g/mol. The van der Waals surface area contributed by atoms with E-state index in [0.717, 1.165) is 22.4 Å². The molecule has 0 bridgehead atoms. The maximum Gasteiger partial charge on any atom is 0.331 e. The van der Waals surface area contributed by atoms with Gasteiger partial charge in [0.2, 0.25) is 5.88 Å². The zero-order valence-electron chi connectivity index (χ0n) is 20.0. The third-order valence-electron chi connectivity index (χ3n) is 7.12. The zero-order chi connectivity index (χ0) is 23.4. The highest BCUT2D eigenvalue weighted by molar-refractivity contribution is 5.79. The van der Waals surface area contributed by atoms with E-state index in [9.17, 15) is 9.90 Å². The highest BCUT2D eigenvalue weighted by Crippen LogP contribution is 2.47. The van der Waals surface area contributed by atoms with Gasteiger partial charge in [-0.2, -0.15) is 0 Å². The summed E-state index contributed by atoms with van der Waals surface area (Å²) in [6.07, 6.45) is 5.52. The van der Waals surface area contributed by atoms with Crippen LogP contribution in [0.15, 0.2) is 48.0 Å². The summed E-state index contributed by atoms with van der Waals surface area (Å²) in [5.74, 6) is -0.0544. The Balaban J connectivity index is 1.66. The highest BCUT2D eigenvalue weighted by atomic mass is 16.3. The molecule has 0 saturated heterocycles. The molecule has 4 rings (SSSR count). The molecular weight excluding hydrogens is 398 g/mol. The van der Waals surface area contributed by atoms with Gasteiger partial charge >= 0.3 is 5.69 Å². The monoisotopic (exact) mass is 431 g/mol. The minimum absolute atomic E-state index is 0.0544. The number of hydrogen-bond donors (Lipinski definition) is 1. The van der Waals surface area contributed by atoms with Crippen LogP contribution in [-0.4, -0.2) is 19.2 Å². The number of fused-ring (bicyclic) bond motifs is 1. The Morgan fingerprint density at radius 2 is 1.75 bits per heavy atom. The number of nitrogens with zero attached hydrogens (tertiary/aromatic N) is 3. The minimum Gasteiger partial charge on any atom is -0.493 e. The van der Waals surface area contributed by atoms with Crippen molar-refractivity contribution < 1.29 is 5.11 Å². The number of benzene rings is 1. The van der Waals surface area contributed by atoms with Crippen LogP contribution in [0.4, 0.5) is 0 Å². The van der Waals surface area contributed by atoms with Gasteiger partial charge in [-0.05, 0) is 70.5 Å². The van der Waals surface area contributed by atoms with E-state index in [0.29, 0.717) is 0 Å². The molecule has 0 amide bonds. The Hall–Kier alpha value is -3.08. The van der Waals surface area contributed by atoms with E-state index >= 15 is 0 Å². The van der Waals surface area contributed by atoms with E-state index in [2.05, 4.69) is 58.3 Å². The van der Waals surface area contributed by atoms with Gasteiger partial charge in [0, 0.05) is 18.8 Å². The maximum atomic E-state index is 12.1. The normalized spacial score (nSPS) is 16.6. The molecule has 168 valence electrons. The maximum absolute atomic E-state index is 12.1. The highest BCUT2D eigenvalue weighted by Gasteiger charge is 2.37. The van der Waals surface area contributed by atoms with Gasteiger partial charge < -0.3 is 5.11 Å². The number of aryl methyl sites for hydroxylation is 2. The fraction of sp³-hybridized carbons (Fsp3) is 0.407. The van der Waals surface area contributed by atoms with Crippen molar-refractivity contribution in [2.45, 2.75) is 64.8 Å². The van der Waals surface area contributed by atoms with Crippen LogP contribution in [0.1, 0.15) is 74.0 Å². The molecular formula is C27H33N3O2. The van der Waals surface area contributed by atoms with E-state index in [1.54, 1.807) is 13.2 Å². The van der Waals surface area contributed by atoms with Crippen molar-refractivity contribution in [3.63, 3.8) is 0 Å². The van der Waals surface area contributed by atoms with E-state index in [1.165, 1.54) is 44.9 Å². The summed E-state index contributed by atoms with van der Waals surface area (Å²) in [6.45, 7) is 16.1. The molecule has 0 aliphatic heterocycles. The first kappa shape index (κ1) is 22.1. The third-order valence-corrected chi connectivity index (χ3v) is 7.12. The van der Waals surface area contributed by atoms with Gasteiger partial charge in [-0.15, -0.1) is 0 Å². The molecule has 0 unspecified atom stereocenters. The molecule has 0 saturated carbocycles. The largest absolute Gasteiger partial charge is 0.493 e. The molecule has 1 aliphatic carbocycles. The topological polar surface area (TPSA) is 60.0 Å². The summed E-state index contributed by atoms with van der Waals surface area (Å²) in [5.41, 5.74) is 7.81. The van der Waals surface area contributed by atoms with Gasteiger partial charge in [0.25, 0.3) is 0 Å². The standard InChI is InChI=1S/C27H33N3O2/c1-17-12-21-22(27(5,6)11-10-26(21,3)4)13-20(17)18(2)23-9-8-19(14-28-23)15-30-24(31)16-29(7)25(30)32/h8-9,12-14,16,31H,2,10-11,15H2,1,3-7H3. The van der Waals surface area contributed by atoms with Crippen molar-refractivity contribution >= 4 is 5.57 Å². The summed E-state index contributed by atoms with van der Waals surface area (Å²) in [5, 5.41) is 9.98. The zero-order valence-corrected chi connectivity index (χ0v) is 20.0. The Morgan fingerprint density at radius 3 is 2.28 bits per heavy atom. The van der Waals surface area contributed by atoms with Crippen molar-refractivity contribution in [2.75, 3.05) is 0 Å². The third kappa shape index (κ3) is 3.70. The first-order valence-corrected chi connectivity index (χ1v) is 11.2. The minimum atomic E-state index is -0.258. The molecule has 1 N–H and O–H groups in total. The fourth-order valence-corrected chi connectivity index (χ4v) is 4.80. The lowest BCUT2D eigenvalue weighted by Crippen LogP contribution is -2.34. The van der Waals surface area contributed by atoms with Gasteiger partial charge in [-0.25, -0.2) is 4.79 Å². The molecule has 5 heteroatoms. The molecule has 0 spiro atoms. The number of imidazole rings is 1. The first-order chi connectivity index (χ1) is 14.9. The molecule has 0 atom stereocenters. The smallest absolute Gasteiger partial charge is 0.331 e. The Kier molecular flexibility index (Phi) is 5.19. The van der Waals surface area contributed by atoms with Crippen LogP contribution < -0.4 is 5.69 Å². The SMILES string of the molecule is C=C(c1ccc(Cn2c(O)cn(C)c2=O)cn1)c1cc2c(cc1C)C(C)(C)CCC2(C)C. The molecule has 2 heterocycles. The number of aromatic hydroxyl groups is 1. The van der Waals surface area contributed by atoms with Crippen molar-refractivity contribution in [1.29, 1.82) is 0 Å². The van der Waals surface area contributed by atoms with Crippen LogP contribution in [0.5, 0.6) is 5.88 Å². The number of aromatic nitrogens is 3. The second-order valence-corrected chi connectivity index (χ2v) is 10.5. The van der Waals surface area contributed by atoms with Crippen LogP contribution >= 0.6 is 0 Å². The molecule has 3 aromatic rings. The van der Waals surface area contributed by atoms with Crippen LogP contribution in [0.25, 0.3) is 5.57 Å². The molecule has 0 radical (unpaired) electrons. The summed E-state index contributed by atoms with van der Waals surface area (Å²) < 4.78 is 2.68. The van der Waals surface area contributed by atoms with Crippen molar-refractivity contribution in [1.82, 2.24) is 14.1 Å². The molecule has 1 aliphatic rings. The molecule has 0 fully saturated rings. The lowest BCUT2D eigenvalue weighted by molar-refractivity contribution is 0.331. The summed E-state index contributed by atoms with van der Waals surface area (Å²) in [6, 6.07) is 8.55. The van der Waals surface area contributed by atoms with Crippen LogP contribution in [0.2, 0.25) is 0 Å². The Morgan fingerprint density at radius 1 is 1.12 bits per heavy atom. The fourth-order valence-electron chi connectivity index (χ4n) is 4.80. The van der Waals surface area contributed by atoms with E-state index in [4.69, 9.17) is 0 Å². The van der Waals surface area contributed by atoms with Crippen LogP contribution in [0, 0.1) is 6.92 Å². The quantitative estimate of drug-likeness (QED) is 0.628. The summed E-state index contributed by atoms with van der Waals surface area (Å²) >= 11 is 0. The lowest BCUT2D eigenvalue weighted by Gasteiger charge is -2.42. The molecule has 2 aromatic heterocycles. The van der Waals surface area contributed by atoms with Crippen molar-refractivity contribution in [3.8, 4) is 5.88 Å². The molecule has 1 aromatic carbocycles. The van der Waals surface area contributed by atoms with Crippen LogP contribution in [0.3, 0.4) is 0 Å². The number of pyridine rings is 1. The number of rotatable bonds is 4. The lowest BCUT2D eigenvalue weighted by atomic mass is 9.62. The second-order valence-electron chi connectivity index (χ2n) is 10.5. The first-order valence-electron chi connectivity index (χ1n) is 11.2. The predicted molar refractivity (Wildman–Crippen MR) is 129 cm³/mol. The Bertz CT molecular complexity index is 1260. The molecule has 32 heavy (non-hydrogen) atoms.